The Hall–Kier alpha value is -1.04. The lowest BCUT2D eigenvalue weighted by molar-refractivity contribution is -0.137. The normalized spacial score (nSPS) is 10.0. The molecule has 6 heteroatoms. The van der Waals surface area contributed by atoms with Crippen molar-refractivity contribution in [2.75, 3.05) is 12.9 Å². The van der Waals surface area contributed by atoms with E-state index >= 15 is 0 Å². The Morgan fingerprint density at radius 3 is 3.15 bits per heavy atom. The number of methoxy groups -OCH3 is 1. The quantitative estimate of drug-likeness (QED) is 0.526. The molecule has 1 aromatic heterocycles. The van der Waals surface area contributed by atoms with E-state index in [0.29, 0.717) is 0 Å². The Bertz CT molecular complexity index is 287. The van der Waals surface area contributed by atoms with E-state index in [0.717, 1.165) is 11.7 Å². The van der Waals surface area contributed by atoms with Crippen LogP contribution in [-0.2, 0) is 16.1 Å². The number of aromatic nitrogens is 3. The van der Waals surface area contributed by atoms with Crippen LogP contribution in [0.1, 0.15) is 6.92 Å². The molecule has 5 nitrogen and oxygen atoms in total. The fourth-order valence-corrected chi connectivity index (χ4v) is 1.57. The summed E-state index contributed by atoms with van der Waals surface area (Å²) in [4.78, 5) is 10.8. The Morgan fingerprint density at radius 1 is 1.77 bits per heavy atom. The van der Waals surface area contributed by atoms with Gasteiger partial charge in [-0.25, -0.2) is 0 Å². The molecule has 72 valence electrons. The molecule has 0 amide bonds. The topological polar surface area (TPSA) is 57.0 Å². The van der Waals surface area contributed by atoms with E-state index in [9.17, 15) is 4.79 Å². The standard InChI is InChI=1S/C7H11N3O2S/c1-3-10-5-8-9-7(10)13-4-6(11)12-2/h5H,3-4H2,1-2H3. The van der Waals surface area contributed by atoms with Crippen molar-refractivity contribution in [1.82, 2.24) is 14.8 Å². The van der Waals surface area contributed by atoms with E-state index in [4.69, 9.17) is 0 Å². The summed E-state index contributed by atoms with van der Waals surface area (Å²) in [7, 11) is 1.37. The third kappa shape index (κ3) is 2.73. The number of esters is 1. The number of carbonyl (C=O) groups is 1. The Morgan fingerprint density at radius 2 is 2.54 bits per heavy atom. The highest BCUT2D eigenvalue weighted by atomic mass is 32.2. The molecule has 0 bridgehead atoms. The van der Waals surface area contributed by atoms with Gasteiger partial charge in [-0.05, 0) is 6.92 Å². The number of hydrogen-bond donors (Lipinski definition) is 0. The second-order valence-electron chi connectivity index (χ2n) is 2.26. The molecule has 0 spiro atoms. The summed E-state index contributed by atoms with van der Waals surface area (Å²) in [5.74, 6) is 0.0190. The highest BCUT2D eigenvalue weighted by Crippen LogP contribution is 2.14. The summed E-state index contributed by atoms with van der Waals surface area (Å²) in [6, 6.07) is 0. The van der Waals surface area contributed by atoms with Crippen LogP contribution in [0.5, 0.6) is 0 Å². The maximum atomic E-state index is 10.8. The number of carbonyl (C=O) groups excluding carboxylic acids is 1. The monoisotopic (exact) mass is 201 g/mol. The summed E-state index contributed by atoms with van der Waals surface area (Å²) >= 11 is 1.33. The molecule has 0 fully saturated rings. The minimum Gasteiger partial charge on any atom is -0.468 e. The molecule has 1 heterocycles. The Balaban J connectivity index is 2.49. The average Bonchev–Trinajstić information content (AvgIpc) is 2.61. The van der Waals surface area contributed by atoms with E-state index in [2.05, 4.69) is 14.9 Å². The lowest BCUT2D eigenvalue weighted by atomic mass is 10.7. The first-order chi connectivity index (χ1) is 6.27. The van der Waals surface area contributed by atoms with Crippen LogP contribution < -0.4 is 0 Å². The minimum absolute atomic E-state index is 0.254. The molecular formula is C7H11N3O2S. The van der Waals surface area contributed by atoms with E-state index in [1.807, 2.05) is 11.5 Å². The predicted octanol–water partition coefficient (Wildman–Crippen LogP) is 0.563. The molecule has 0 saturated heterocycles. The highest BCUT2D eigenvalue weighted by Gasteiger charge is 2.06. The summed E-state index contributed by atoms with van der Waals surface area (Å²) < 4.78 is 6.37. The Labute approximate surface area is 80.5 Å². The van der Waals surface area contributed by atoms with Crippen molar-refractivity contribution in [3.05, 3.63) is 6.33 Å². The maximum Gasteiger partial charge on any atom is 0.316 e. The molecular weight excluding hydrogens is 190 g/mol. The number of hydrogen-bond acceptors (Lipinski definition) is 5. The first kappa shape index (κ1) is 10.0. The molecule has 0 unspecified atom stereocenters. The summed E-state index contributed by atoms with van der Waals surface area (Å²) in [6.07, 6.45) is 1.64. The third-order valence-electron chi connectivity index (χ3n) is 1.47. The van der Waals surface area contributed by atoms with Crippen LogP contribution in [-0.4, -0.2) is 33.6 Å². The smallest absolute Gasteiger partial charge is 0.316 e. The van der Waals surface area contributed by atoms with E-state index in [1.54, 1.807) is 6.33 Å². The van der Waals surface area contributed by atoms with Gasteiger partial charge in [-0.2, -0.15) is 0 Å². The fourth-order valence-electron chi connectivity index (χ4n) is 0.755. The van der Waals surface area contributed by atoms with Crippen LogP contribution in [0.25, 0.3) is 0 Å². The first-order valence-corrected chi connectivity index (χ1v) is 4.84. The van der Waals surface area contributed by atoms with Gasteiger partial charge in [0.2, 0.25) is 0 Å². The third-order valence-corrected chi connectivity index (χ3v) is 2.42. The van der Waals surface area contributed by atoms with Gasteiger partial charge in [0.05, 0.1) is 12.9 Å². The predicted molar refractivity (Wildman–Crippen MR) is 48.4 cm³/mol. The number of ether oxygens (including phenoxy) is 1. The zero-order chi connectivity index (χ0) is 9.68. The van der Waals surface area contributed by atoms with Gasteiger partial charge < -0.3 is 9.30 Å². The van der Waals surface area contributed by atoms with Gasteiger partial charge >= 0.3 is 5.97 Å². The van der Waals surface area contributed by atoms with Gasteiger partial charge in [-0.15, -0.1) is 10.2 Å². The molecule has 0 N–H and O–H groups in total. The number of rotatable bonds is 4. The van der Waals surface area contributed by atoms with Crippen LogP contribution in [0.4, 0.5) is 0 Å². The summed E-state index contributed by atoms with van der Waals surface area (Å²) in [5.41, 5.74) is 0. The van der Waals surface area contributed by atoms with Gasteiger partial charge in [0, 0.05) is 6.54 Å². The van der Waals surface area contributed by atoms with Crippen molar-refractivity contribution in [2.24, 2.45) is 0 Å². The van der Waals surface area contributed by atoms with Gasteiger partial charge in [0.1, 0.15) is 6.33 Å². The molecule has 0 atom stereocenters. The molecule has 13 heavy (non-hydrogen) atoms. The Kier molecular flexibility index (Phi) is 3.75. The van der Waals surface area contributed by atoms with Crippen LogP contribution in [0, 0.1) is 0 Å². The molecule has 0 aromatic carbocycles. The molecule has 1 aromatic rings. The van der Waals surface area contributed by atoms with Gasteiger partial charge in [-0.3, -0.25) is 4.79 Å². The van der Waals surface area contributed by atoms with Crippen LogP contribution >= 0.6 is 11.8 Å². The zero-order valence-electron chi connectivity index (χ0n) is 7.56. The number of thioether (sulfide) groups is 1. The SMILES string of the molecule is CCn1cnnc1SCC(=O)OC. The molecule has 0 aliphatic heterocycles. The highest BCUT2D eigenvalue weighted by molar-refractivity contribution is 7.99. The van der Waals surface area contributed by atoms with Crippen molar-refractivity contribution in [3.63, 3.8) is 0 Å². The van der Waals surface area contributed by atoms with Gasteiger partial charge in [0.25, 0.3) is 0 Å². The largest absolute Gasteiger partial charge is 0.468 e. The second kappa shape index (κ2) is 4.86. The average molecular weight is 201 g/mol. The first-order valence-electron chi connectivity index (χ1n) is 3.85. The van der Waals surface area contributed by atoms with Gasteiger partial charge in [-0.1, -0.05) is 11.8 Å². The van der Waals surface area contributed by atoms with Crippen LogP contribution in [0.15, 0.2) is 11.5 Å². The second-order valence-corrected chi connectivity index (χ2v) is 3.21. The molecule has 0 aliphatic rings. The van der Waals surface area contributed by atoms with Crippen molar-refractivity contribution >= 4 is 17.7 Å². The van der Waals surface area contributed by atoms with Crippen LogP contribution in [0.3, 0.4) is 0 Å². The number of aryl methyl sites for hydroxylation is 1. The summed E-state index contributed by atoms with van der Waals surface area (Å²) in [5, 5.41) is 8.34. The lowest BCUT2D eigenvalue weighted by Crippen LogP contribution is -2.04. The minimum atomic E-state index is -0.254. The maximum absolute atomic E-state index is 10.8. The summed E-state index contributed by atoms with van der Waals surface area (Å²) in [6.45, 7) is 2.79. The fraction of sp³-hybridized carbons (Fsp3) is 0.571. The molecule has 0 aliphatic carbocycles. The lowest BCUT2D eigenvalue weighted by Gasteiger charge is -2.00. The molecule has 1 rings (SSSR count). The van der Waals surface area contributed by atoms with Crippen molar-refractivity contribution in [2.45, 2.75) is 18.6 Å². The van der Waals surface area contributed by atoms with Crippen LogP contribution in [0.2, 0.25) is 0 Å². The zero-order valence-corrected chi connectivity index (χ0v) is 8.37. The molecule has 0 saturated carbocycles. The van der Waals surface area contributed by atoms with Crippen molar-refractivity contribution in [1.29, 1.82) is 0 Å². The molecule has 0 radical (unpaired) electrons. The van der Waals surface area contributed by atoms with E-state index in [1.165, 1.54) is 18.9 Å². The number of nitrogens with zero attached hydrogens (tertiary/aromatic N) is 3. The van der Waals surface area contributed by atoms with E-state index in [-0.39, 0.29) is 11.7 Å². The van der Waals surface area contributed by atoms with E-state index < -0.39 is 0 Å². The van der Waals surface area contributed by atoms with Crippen molar-refractivity contribution in [3.8, 4) is 0 Å². The van der Waals surface area contributed by atoms with Gasteiger partial charge in [0.15, 0.2) is 5.16 Å². The van der Waals surface area contributed by atoms with Crippen molar-refractivity contribution < 1.29 is 9.53 Å².